The van der Waals surface area contributed by atoms with Crippen molar-refractivity contribution in [2.75, 3.05) is 4.90 Å². The number of benzene rings is 1. The van der Waals surface area contributed by atoms with Crippen molar-refractivity contribution < 1.29 is 24.5 Å². The highest BCUT2D eigenvalue weighted by molar-refractivity contribution is 6.23. The van der Waals surface area contributed by atoms with Crippen LogP contribution in [0.2, 0.25) is 0 Å². The summed E-state index contributed by atoms with van der Waals surface area (Å²) in [5.74, 6) is -0.413. The molecule has 3 N–H and O–H groups in total. The largest absolute Gasteiger partial charge is 0.504 e. The predicted molar refractivity (Wildman–Crippen MR) is 95.9 cm³/mol. The van der Waals surface area contributed by atoms with E-state index in [2.05, 4.69) is 10.3 Å². The molecule has 1 aromatic heterocycles. The van der Waals surface area contributed by atoms with Crippen molar-refractivity contribution in [3.8, 4) is 23.1 Å². The summed E-state index contributed by atoms with van der Waals surface area (Å²) >= 11 is 0. The highest BCUT2D eigenvalue weighted by atomic mass is 16.5. The van der Waals surface area contributed by atoms with E-state index in [9.17, 15) is 19.8 Å². The van der Waals surface area contributed by atoms with Crippen molar-refractivity contribution in [3.05, 3.63) is 36.5 Å². The Kier molecular flexibility index (Phi) is 4.10. The number of urea groups is 1. The lowest BCUT2D eigenvalue weighted by Crippen LogP contribution is -2.48. The van der Waals surface area contributed by atoms with Crippen molar-refractivity contribution in [3.63, 3.8) is 0 Å². The Labute approximate surface area is 155 Å². The van der Waals surface area contributed by atoms with Gasteiger partial charge in [0.25, 0.3) is 5.91 Å². The molecule has 8 nitrogen and oxygen atoms in total. The highest BCUT2D eigenvalue weighted by Gasteiger charge is 2.51. The SMILES string of the molecule is O=C1NC2(CCCCC2)C(=O)N1c1ccnc(Oc2ccc(O)c(O)c2)c1. The van der Waals surface area contributed by atoms with Crippen molar-refractivity contribution in [2.24, 2.45) is 0 Å². The van der Waals surface area contributed by atoms with Gasteiger partial charge in [-0.3, -0.25) is 4.79 Å². The molecule has 0 bridgehead atoms. The van der Waals surface area contributed by atoms with Gasteiger partial charge in [0.2, 0.25) is 5.88 Å². The van der Waals surface area contributed by atoms with Gasteiger partial charge < -0.3 is 20.3 Å². The van der Waals surface area contributed by atoms with Crippen LogP contribution < -0.4 is 15.0 Å². The number of carbonyl (C=O) groups excluding carboxylic acids is 2. The number of hydrogen-bond acceptors (Lipinski definition) is 6. The van der Waals surface area contributed by atoms with Gasteiger partial charge in [0, 0.05) is 18.3 Å². The van der Waals surface area contributed by atoms with Crippen LogP contribution in [0, 0.1) is 0 Å². The van der Waals surface area contributed by atoms with Gasteiger partial charge >= 0.3 is 6.03 Å². The van der Waals surface area contributed by atoms with Crippen LogP contribution in [0.25, 0.3) is 0 Å². The molecule has 140 valence electrons. The maximum Gasteiger partial charge on any atom is 0.329 e. The Morgan fingerprint density at radius 2 is 1.81 bits per heavy atom. The molecule has 2 aromatic rings. The van der Waals surface area contributed by atoms with E-state index in [4.69, 9.17) is 4.74 Å². The monoisotopic (exact) mass is 369 g/mol. The molecule has 2 fully saturated rings. The number of phenols is 2. The molecule has 0 radical (unpaired) electrons. The number of aromatic hydroxyl groups is 2. The number of amides is 3. The standard InChI is InChI=1S/C19H19N3O5/c23-14-5-4-13(11-15(14)24)27-16-10-12(6-9-20-16)22-17(25)19(21-18(22)26)7-2-1-3-8-19/h4-6,9-11,23-24H,1-3,7-8H2,(H,21,26). The van der Waals surface area contributed by atoms with Crippen LogP contribution in [-0.4, -0.2) is 32.7 Å². The zero-order valence-electron chi connectivity index (χ0n) is 14.5. The normalized spacial score (nSPS) is 18.6. The smallest absolute Gasteiger partial charge is 0.329 e. The fourth-order valence-electron chi connectivity index (χ4n) is 3.63. The molecule has 1 spiro atoms. The molecule has 1 aliphatic heterocycles. The van der Waals surface area contributed by atoms with Crippen LogP contribution in [0.5, 0.6) is 23.1 Å². The van der Waals surface area contributed by atoms with E-state index in [0.29, 0.717) is 18.5 Å². The second-order valence-corrected chi connectivity index (χ2v) is 6.82. The maximum absolute atomic E-state index is 13.0. The number of aromatic nitrogens is 1. The number of rotatable bonds is 3. The maximum atomic E-state index is 13.0. The zero-order chi connectivity index (χ0) is 19.0. The van der Waals surface area contributed by atoms with Crippen LogP contribution in [0.15, 0.2) is 36.5 Å². The van der Waals surface area contributed by atoms with Crippen LogP contribution in [0.4, 0.5) is 10.5 Å². The summed E-state index contributed by atoms with van der Waals surface area (Å²) in [6.07, 6.45) is 5.63. The van der Waals surface area contributed by atoms with Crippen LogP contribution >= 0.6 is 0 Å². The van der Waals surface area contributed by atoms with E-state index < -0.39 is 11.6 Å². The number of phenolic OH excluding ortho intramolecular Hbond substituents is 2. The molecule has 2 heterocycles. The Morgan fingerprint density at radius 3 is 2.56 bits per heavy atom. The first-order chi connectivity index (χ1) is 13.0. The molecule has 1 aliphatic carbocycles. The summed E-state index contributed by atoms with van der Waals surface area (Å²) in [4.78, 5) is 30.7. The fraction of sp³-hybridized carbons (Fsp3) is 0.316. The molecule has 2 aliphatic rings. The summed E-state index contributed by atoms with van der Waals surface area (Å²) < 4.78 is 5.57. The van der Waals surface area contributed by atoms with Crippen molar-refractivity contribution in [1.82, 2.24) is 10.3 Å². The summed E-state index contributed by atoms with van der Waals surface area (Å²) in [6, 6.07) is 6.62. The van der Waals surface area contributed by atoms with Gasteiger partial charge in [0.1, 0.15) is 11.3 Å². The van der Waals surface area contributed by atoms with Gasteiger partial charge in [0.15, 0.2) is 11.5 Å². The van der Waals surface area contributed by atoms with Gasteiger partial charge in [0.05, 0.1) is 5.69 Å². The van der Waals surface area contributed by atoms with E-state index in [1.54, 1.807) is 6.07 Å². The van der Waals surface area contributed by atoms with Crippen molar-refractivity contribution in [1.29, 1.82) is 0 Å². The number of hydrogen-bond donors (Lipinski definition) is 3. The third-order valence-electron chi connectivity index (χ3n) is 5.01. The Hall–Kier alpha value is -3.29. The summed E-state index contributed by atoms with van der Waals surface area (Å²) in [7, 11) is 0. The average molecular weight is 369 g/mol. The van der Waals surface area contributed by atoms with Gasteiger partial charge in [-0.05, 0) is 31.0 Å². The van der Waals surface area contributed by atoms with E-state index in [-0.39, 0.29) is 29.0 Å². The molecule has 27 heavy (non-hydrogen) atoms. The lowest BCUT2D eigenvalue weighted by molar-refractivity contribution is -0.123. The number of imide groups is 1. The third-order valence-corrected chi connectivity index (χ3v) is 5.01. The number of nitrogens with zero attached hydrogens (tertiary/aromatic N) is 2. The number of ether oxygens (including phenoxy) is 1. The van der Waals surface area contributed by atoms with E-state index in [0.717, 1.165) is 24.2 Å². The molecule has 4 rings (SSSR count). The van der Waals surface area contributed by atoms with Gasteiger partial charge in [-0.1, -0.05) is 19.3 Å². The summed E-state index contributed by atoms with van der Waals surface area (Å²) in [6.45, 7) is 0. The quantitative estimate of drug-likeness (QED) is 0.566. The molecule has 1 aromatic carbocycles. The fourth-order valence-corrected chi connectivity index (χ4v) is 3.63. The first kappa shape index (κ1) is 17.1. The molecule has 3 amide bonds. The van der Waals surface area contributed by atoms with Crippen LogP contribution in [0.1, 0.15) is 32.1 Å². The van der Waals surface area contributed by atoms with Gasteiger partial charge in [-0.25, -0.2) is 14.7 Å². The molecule has 0 unspecified atom stereocenters. The van der Waals surface area contributed by atoms with Gasteiger partial charge in [-0.15, -0.1) is 0 Å². The zero-order valence-corrected chi connectivity index (χ0v) is 14.5. The Bertz CT molecular complexity index is 908. The van der Waals surface area contributed by atoms with Crippen LogP contribution in [-0.2, 0) is 4.79 Å². The molecule has 8 heteroatoms. The topological polar surface area (TPSA) is 112 Å². The Morgan fingerprint density at radius 1 is 1.04 bits per heavy atom. The number of nitrogens with one attached hydrogen (secondary N) is 1. The summed E-state index contributed by atoms with van der Waals surface area (Å²) in [5, 5.41) is 21.8. The first-order valence-electron chi connectivity index (χ1n) is 8.81. The lowest BCUT2D eigenvalue weighted by atomic mass is 9.82. The lowest BCUT2D eigenvalue weighted by Gasteiger charge is -2.30. The average Bonchev–Trinajstić information content (AvgIpc) is 2.89. The highest BCUT2D eigenvalue weighted by Crippen LogP contribution is 2.37. The minimum Gasteiger partial charge on any atom is -0.504 e. The van der Waals surface area contributed by atoms with Crippen molar-refractivity contribution in [2.45, 2.75) is 37.6 Å². The molecule has 0 atom stereocenters. The molecule has 1 saturated carbocycles. The number of carbonyl (C=O) groups is 2. The number of pyridine rings is 1. The van der Waals surface area contributed by atoms with Gasteiger partial charge in [-0.2, -0.15) is 0 Å². The minimum absolute atomic E-state index is 0.155. The second kappa shape index (κ2) is 6.46. The van der Waals surface area contributed by atoms with E-state index >= 15 is 0 Å². The number of anilines is 1. The van der Waals surface area contributed by atoms with Crippen LogP contribution in [0.3, 0.4) is 0 Å². The minimum atomic E-state index is -0.803. The van der Waals surface area contributed by atoms with E-state index in [1.807, 2.05) is 0 Å². The predicted octanol–water partition coefficient (Wildman–Crippen LogP) is 3.04. The third kappa shape index (κ3) is 3.03. The van der Waals surface area contributed by atoms with E-state index in [1.165, 1.54) is 30.5 Å². The second-order valence-electron chi connectivity index (χ2n) is 6.82. The Balaban J connectivity index is 1.59. The molecular weight excluding hydrogens is 350 g/mol. The van der Waals surface area contributed by atoms with Crippen molar-refractivity contribution >= 4 is 17.6 Å². The molecule has 1 saturated heterocycles. The summed E-state index contributed by atoms with van der Waals surface area (Å²) in [5.41, 5.74) is -0.435. The molecular formula is C19H19N3O5. The first-order valence-corrected chi connectivity index (χ1v) is 8.81.